The Balaban J connectivity index is 0.000000259. The van der Waals surface area contributed by atoms with Gasteiger partial charge in [0.05, 0.1) is 20.9 Å². The Morgan fingerprint density at radius 3 is 1.40 bits per heavy atom. The average Bonchev–Trinajstić information content (AvgIpc) is 3.19. The summed E-state index contributed by atoms with van der Waals surface area (Å²) < 4.78 is 10.5. The fourth-order valence-corrected chi connectivity index (χ4v) is 9.62. The molecule has 0 aromatic heterocycles. The third-order valence-electron chi connectivity index (χ3n) is 9.29. The standard InChI is InChI=1S/C19H18P.C12H14O.C11H12O2.C4H9.HI.Li/c1-20(17-11-5-2-6-12-17,18-13-7-3-8-14-18)19-15-9-4-10-16-19;1-9-5-3-7-11-10(9)6-4-8-12(11)13-2;1-13-11-7-3-4-8-9(11)5-2-6-10(8)12;1-3-4-2;;/h2-16H,1H3;4,6,8H,1,3,5,7H2,2H3;3-4,7H,2,5-6H2,1H3;1,3-4H2,2H3;1H;/q+1;;;-1;;+1/p-1. The summed E-state index contributed by atoms with van der Waals surface area (Å²) in [6, 6.07) is 44.5. The summed E-state index contributed by atoms with van der Waals surface area (Å²) in [5, 5.41) is 4.28. The van der Waals surface area contributed by atoms with Crippen LogP contribution in [0, 0.1) is 6.92 Å². The van der Waals surface area contributed by atoms with Crippen LogP contribution in [0.4, 0.5) is 0 Å². The Hall–Kier alpha value is -3.13. The van der Waals surface area contributed by atoms with Crippen molar-refractivity contribution in [3.63, 3.8) is 0 Å². The minimum absolute atomic E-state index is 0. The number of hydrogen-bond donors (Lipinski definition) is 0. The maximum atomic E-state index is 11.5. The topological polar surface area (TPSA) is 35.5 Å². The van der Waals surface area contributed by atoms with E-state index < -0.39 is 7.26 Å². The number of carbonyl (C=O) groups is 1. The summed E-state index contributed by atoms with van der Waals surface area (Å²) in [6.07, 6.45) is 8.32. The molecule has 0 atom stereocenters. The minimum Gasteiger partial charge on any atom is -1.00 e. The van der Waals surface area contributed by atoms with Crippen LogP contribution in [-0.2, 0) is 12.8 Å². The van der Waals surface area contributed by atoms with Crippen molar-refractivity contribution in [3.8, 4) is 11.5 Å². The molecule has 5 aromatic rings. The molecular formula is C46H53ILiO3P. The normalized spacial score (nSPS) is 12.6. The van der Waals surface area contributed by atoms with Crippen LogP contribution in [-0.4, -0.2) is 26.7 Å². The van der Waals surface area contributed by atoms with Gasteiger partial charge in [-0.25, -0.2) is 0 Å². The molecule has 0 saturated carbocycles. The molecule has 7 rings (SSSR count). The number of allylic oxidation sites excluding steroid dienone is 1. The molecule has 0 aliphatic heterocycles. The average molecular weight is 819 g/mol. The maximum Gasteiger partial charge on any atom is 1.00 e. The Kier molecular flexibility index (Phi) is 20.4. The van der Waals surface area contributed by atoms with Crippen molar-refractivity contribution in [1.82, 2.24) is 0 Å². The van der Waals surface area contributed by atoms with Crippen molar-refractivity contribution < 1.29 is 57.1 Å². The van der Waals surface area contributed by atoms with E-state index in [1.807, 2.05) is 30.3 Å². The summed E-state index contributed by atoms with van der Waals surface area (Å²) in [7, 11) is 1.85. The predicted octanol–water partition coefficient (Wildman–Crippen LogP) is 4.50. The molecule has 0 spiro atoms. The SMILES string of the molecule is C=C1CCCc2c(OC)cccc21.COc1cccc2c1CCCC2=O.C[P+](c1ccccc1)(c1ccccc1)c1ccccc1.[CH2-]CCC.[I-].[Li+]. The van der Waals surface area contributed by atoms with Crippen LogP contribution in [0.1, 0.15) is 72.5 Å². The van der Waals surface area contributed by atoms with Gasteiger partial charge in [-0.15, -0.1) is 0 Å². The Bertz CT molecular complexity index is 1630. The molecule has 268 valence electrons. The van der Waals surface area contributed by atoms with Crippen LogP contribution >= 0.6 is 7.26 Å². The number of ether oxygens (including phenoxy) is 2. The number of Topliss-reactive ketones (excluding diaryl/α,β-unsaturated/α-hetero) is 1. The van der Waals surface area contributed by atoms with E-state index >= 15 is 0 Å². The summed E-state index contributed by atoms with van der Waals surface area (Å²) in [5.74, 6) is 2.11. The van der Waals surface area contributed by atoms with Crippen molar-refractivity contribution in [3.05, 3.63) is 163 Å². The van der Waals surface area contributed by atoms with Crippen molar-refractivity contribution in [2.45, 2.75) is 58.3 Å². The van der Waals surface area contributed by atoms with E-state index in [-0.39, 0.29) is 48.6 Å². The monoisotopic (exact) mass is 818 g/mol. The van der Waals surface area contributed by atoms with Crippen molar-refractivity contribution in [2.24, 2.45) is 0 Å². The number of carbonyl (C=O) groups excluding carboxylic acids is 1. The predicted molar refractivity (Wildman–Crippen MR) is 217 cm³/mol. The van der Waals surface area contributed by atoms with E-state index in [1.54, 1.807) is 14.2 Å². The molecule has 3 nitrogen and oxygen atoms in total. The number of methoxy groups -OCH3 is 2. The number of halogens is 1. The van der Waals surface area contributed by atoms with E-state index in [0.717, 1.165) is 54.7 Å². The Labute approximate surface area is 343 Å². The van der Waals surface area contributed by atoms with Gasteiger partial charge in [0, 0.05) is 23.1 Å². The van der Waals surface area contributed by atoms with E-state index in [1.165, 1.54) is 45.5 Å². The second-order valence-corrected chi connectivity index (χ2v) is 16.1. The van der Waals surface area contributed by atoms with Crippen molar-refractivity contribution in [1.29, 1.82) is 0 Å². The molecule has 0 unspecified atom stereocenters. The summed E-state index contributed by atoms with van der Waals surface area (Å²) in [6.45, 7) is 12.2. The van der Waals surface area contributed by atoms with E-state index in [2.05, 4.69) is 124 Å². The number of ketones is 1. The number of benzene rings is 5. The zero-order valence-electron chi connectivity index (χ0n) is 31.7. The number of fused-ring (bicyclic) bond motifs is 2. The van der Waals surface area contributed by atoms with Crippen LogP contribution in [0.15, 0.2) is 134 Å². The summed E-state index contributed by atoms with van der Waals surface area (Å²) >= 11 is 0. The van der Waals surface area contributed by atoms with E-state index in [4.69, 9.17) is 9.47 Å². The molecule has 0 amide bonds. The van der Waals surface area contributed by atoms with Crippen LogP contribution in [0.5, 0.6) is 11.5 Å². The van der Waals surface area contributed by atoms with Gasteiger partial charge in [0.15, 0.2) is 5.78 Å². The first-order valence-corrected chi connectivity index (χ1v) is 20.0. The second-order valence-electron chi connectivity index (χ2n) is 12.6. The van der Waals surface area contributed by atoms with E-state index in [0.29, 0.717) is 6.42 Å². The first-order chi connectivity index (χ1) is 24.4. The molecule has 5 aromatic carbocycles. The molecule has 0 N–H and O–H groups in total. The van der Waals surface area contributed by atoms with Gasteiger partial charge in [-0.1, -0.05) is 98.8 Å². The first-order valence-electron chi connectivity index (χ1n) is 17.7. The second kappa shape index (κ2) is 23.5. The van der Waals surface area contributed by atoms with Crippen LogP contribution in [0.25, 0.3) is 5.57 Å². The number of unbranched alkanes of at least 4 members (excludes halogenated alkanes) is 1. The third kappa shape index (κ3) is 11.7. The van der Waals surface area contributed by atoms with Gasteiger partial charge < -0.3 is 40.4 Å². The third-order valence-corrected chi connectivity index (χ3v) is 13.3. The van der Waals surface area contributed by atoms with Gasteiger partial charge in [-0.2, -0.15) is 6.42 Å². The molecule has 2 aliphatic rings. The number of hydrogen-bond acceptors (Lipinski definition) is 3. The molecule has 0 saturated heterocycles. The Morgan fingerprint density at radius 2 is 1.00 bits per heavy atom. The van der Waals surface area contributed by atoms with Crippen molar-refractivity contribution >= 4 is 34.5 Å². The van der Waals surface area contributed by atoms with Crippen LogP contribution in [0.2, 0.25) is 0 Å². The maximum absolute atomic E-state index is 11.5. The van der Waals surface area contributed by atoms with Crippen LogP contribution in [0.3, 0.4) is 0 Å². The van der Waals surface area contributed by atoms with Gasteiger partial charge in [-0.3, -0.25) is 4.79 Å². The zero-order valence-corrected chi connectivity index (χ0v) is 34.8. The van der Waals surface area contributed by atoms with Crippen molar-refractivity contribution in [2.75, 3.05) is 20.9 Å². The molecule has 52 heavy (non-hydrogen) atoms. The zero-order chi connectivity index (χ0) is 35.8. The molecule has 0 heterocycles. The largest absolute Gasteiger partial charge is 1.00 e. The van der Waals surface area contributed by atoms with Gasteiger partial charge in [-0.05, 0) is 91.8 Å². The molecule has 0 bridgehead atoms. The fourth-order valence-electron chi connectivity index (χ4n) is 6.42. The van der Waals surface area contributed by atoms with Gasteiger partial charge in [0.25, 0.3) is 0 Å². The minimum atomic E-state index is -1.53. The number of rotatable bonds is 6. The fraction of sp³-hybridized carbons (Fsp3) is 0.261. The smallest absolute Gasteiger partial charge is 1.00 e. The molecule has 6 heteroatoms. The summed E-state index contributed by atoms with van der Waals surface area (Å²) in [4.78, 5) is 11.5. The molecule has 0 radical (unpaired) electrons. The summed E-state index contributed by atoms with van der Waals surface area (Å²) in [5.41, 5.74) is 5.82. The quantitative estimate of drug-likeness (QED) is 0.110. The molecule has 0 fully saturated rings. The molecular weight excluding hydrogens is 765 g/mol. The van der Waals surface area contributed by atoms with Gasteiger partial charge >= 0.3 is 18.9 Å². The molecule has 2 aliphatic carbocycles. The van der Waals surface area contributed by atoms with E-state index in [9.17, 15) is 4.79 Å². The van der Waals surface area contributed by atoms with Gasteiger partial charge in [0.2, 0.25) is 0 Å². The Morgan fingerprint density at radius 1 is 0.615 bits per heavy atom. The first kappa shape index (κ1) is 45.0. The van der Waals surface area contributed by atoms with Crippen LogP contribution < -0.4 is 68.2 Å². The van der Waals surface area contributed by atoms with Gasteiger partial charge in [0.1, 0.15) is 34.7 Å².